The van der Waals surface area contributed by atoms with Crippen molar-refractivity contribution in [1.82, 2.24) is 0 Å². The van der Waals surface area contributed by atoms with Gasteiger partial charge in [-0.25, -0.2) is 0 Å². The molecule has 0 aromatic rings. The predicted molar refractivity (Wildman–Crippen MR) is 51.3 cm³/mol. The van der Waals surface area contributed by atoms with Gasteiger partial charge in [0.1, 0.15) is 0 Å². The van der Waals surface area contributed by atoms with Crippen molar-refractivity contribution in [2.24, 2.45) is 16.7 Å². The van der Waals surface area contributed by atoms with Gasteiger partial charge in [-0.05, 0) is 18.4 Å². The molecule has 0 aromatic carbocycles. The van der Waals surface area contributed by atoms with Gasteiger partial charge in [-0.2, -0.15) is 16.9 Å². The molecule has 0 fully saturated rings. The molecule has 10 heavy (non-hydrogen) atoms. The Morgan fingerprint density at radius 1 is 1.50 bits per heavy atom. The average molecular weight is 179 g/mol. The largest absolute Gasteiger partial charge is 0.377 e. The van der Waals surface area contributed by atoms with Crippen molar-refractivity contribution in [3.05, 3.63) is 0 Å². The molecule has 0 spiro atoms. The zero-order valence-corrected chi connectivity index (χ0v) is 7.67. The smallest absolute Gasteiger partial charge is 0.177 e. The zero-order valence-electron chi connectivity index (χ0n) is 6.04. The van der Waals surface area contributed by atoms with Crippen molar-refractivity contribution < 1.29 is 0 Å². The van der Waals surface area contributed by atoms with Gasteiger partial charge in [0.2, 0.25) is 0 Å². The molecule has 0 rings (SSSR count). The molecule has 0 aliphatic rings. The van der Waals surface area contributed by atoms with Crippen molar-refractivity contribution >= 4 is 28.7 Å². The Kier molecular flexibility index (Phi) is 7.06. The molecule has 0 aliphatic carbocycles. The van der Waals surface area contributed by atoms with Gasteiger partial charge < -0.3 is 11.6 Å². The van der Waals surface area contributed by atoms with Crippen LogP contribution in [-0.2, 0) is 0 Å². The van der Waals surface area contributed by atoms with E-state index in [9.17, 15) is 0 Å². The van der Waals surface area contributed by atoms with Gasteiger partial charge in [0.15, 0.2) is 5.17 Å². The summed E-state index contributed by atoms with van der Waals surface area (Å²) >= 11 is 3.34. The molecule has 5 heteroatoms. The number of hydrogen-bond acceptors (Lipinski definition) is 4. The summed E-state index contributed by atoms with van der Waals surface area (Å²) < 4.78 is 0. The molecule has 0 aliphatic heterocycles. The quantitative estimate of drug-likeness (QED) is 0.219. The van der Waals surface area contributed by atoms with Crippen molar-refractivity contribution in [2.75, 3.05) is 17.8 Å². The first-order valence-electron chi connectivity index (χ1n) is 2.96. The molecule has 0 atom stereocenters. The molecule has 0 saturated heterocycles. The summed E-state index contributed by atoms with van der Waals surface area (Å²) in [5, 5.41) is 3.81. The van der Waals surface area contributed by atoms with Gasteiger partial charge >= 0.3 is 0 Å². The van der Waals surface area contributed by atoms with E-state index in [1.165, 1.54) is 17.5 Å². The first-order valence-corrected chi connectivity index (χ1v) is 5.34. The lowest BCUT2D eigenvalue weighted by atomic mass is 10.6. The fraction of sp³-hybridized carbons (Fsp3) is 0.800. The topological polar surface area (TPSA) is 64.4 Å². The molecule has 0 bridgehead atoms. The molecule has 0 aromatic heterocycles. The Bertz CT molecular complexity index is 105. The number of nitrogens with zero attached hydrogens (tertiary/aromatic N) is 1. The molecular weight excluding hydrogens is 166 g/mol. The molecule has 0 saturated carbocycles. The number of rotatable bonds is 4. The summed E-state index contributed by atoms with van der Waals surface area (Å²) in [5.41, 5.74) is 5.34. The first-order chi connectivity index (χ1) is 4.81. The summed E-state index contributed by atoms with van der Waals surface area (Å²) in [6.07, 6.45) is 3.24. The van der Waals surface area contributed by atoms with E-state index in [1.807, 2.05) is 11.8 Å². The van der Waals surface area contributed by atoms with Crippen molar-refractivity contribution in [2.45, 2.75) is 6.42 Å². The normalized spacial score (nSPS) is 11.9. The third kappa shape index (κ3) is 6.10. The van der Waals surface area contributed by atoms with Gasteiger partial charge in [-0.3, -0.25) is 0 Å². The van der Waals surface area contributed by atoms with E-state index in [4.69, 9.17) is 11.6 Å². The molecular formula is C5H13N3S2. The predicted octanol–water partition coefficient (Wildman–Crippen LogP) is 0.661. The van der Waals surface area contributed by atoms with Crippen molar-refractivity contribution in [3.8, 4) is 0 Å². The van der Waals surface area contributed by atoms with Crippen LogP contribution in [0.5, 0.6) is 0 Å². The Morgan fingerprint density at radius 3 is 2.70 bits per heavy atom. The summed E-state index contributed by atoms with van der Waals surface area (Å²) in [7, 11) is 0. The van der Waals surface area contributed by atoms with Crippen LogP contribution in [0.15, 0.2) is 5.10 Å². The highest BCUT2D eigenvalue weighted by atomic mass is 32.2. The van der Waals surface area contributed by atoms with E-state index in [2.05, 4.69) is 11.4 Å². The van der Waals surface area contributed by atoms with Crippen LogP contribution in [0.1, 0.15) is 6.42 Å². The van der Waals surface area contributed by atoms with Crippen LogP contribution in [-0.4, -0.2) is 22.9 Å². The van der Waals surface area contributed by atoms with E-state index < -0.39 is 0 Å². The molecule has 0 heterocycles. The highest BCUT2D eigenvalue weighted by Crippen LogP contribution is 2.04. The van der Waals surface area contributed by atoms with E-state index in [0.29, 0.717) is 5.17 Å². The van der Waals surface area contributed by atoms with Gasteiger partial charge in [0, 0.05) is 5.75 Å². The standard InChI is InChI=1S/C5H13N3S2/c1-9-3-2-4-10-5(6)8-7/h2-4,7H2,1H3,(H2,6,8). The average Bonchev–Trinajstić information content (AvgIpc) is 1.98. The first kappa shape index (κ1) is 9.97. The number of nitrogens with two attached hydrogens (primary N) is 2. The number of hydrazone groups is 1. The number of thioether (sulfide) groups is 2. The molecule has 0 amide bonds. The van der Waals surface area contributed by atoms with Crippen LogP contribution in [0.2, 0.25) is 0 Å². The lowest BCUT2D eigenvalue weighted by molar-refractivity contribution is 1.13. The SMILES string of the molecule is CSCCCSC(N)=NN. The van der Waals surface area contributed by atoms with Crippen LogP contribution >= 0.6 is 23.5 Å². The Morgan fingerprint density at radius 2 is 2.20 bits per heavy atom. The van der Waals surface area contributed by atoms with Crippen LogP contribution in [0, 0.1) is 0 Å². The number of hydrogen-bond donors (Lipinski definition) is 2. The Balaban J connectivity index is 3.04. The maximum Gasteiger partial charge on any atom is 0.177 e. The van der Waals surface area contributed by atoms with E-state index in [-0.39, 0.29) is 0 Å². The van der Waals surface area contributed by atoms with E-state index in [1.54, 1.807) is 0 Å². The summed E-state index contributed by atoms with van der Waals surface area (Å²) in [4.78, 5) is 0. The fourth-order valence-corrected chi connectivity index (χ4v) is 1.61. The second kappa shape index (κ2) is 7.08. The molecule has 0 radical (unpaired) electrons. The van der Waals surface area contributed by atoms with Crippen LogP contribution in [0.3, 0.4) is 0 Å². The monoisotopic (exact) mass is 179 g/mol. The van der Waals surface area contributed by atoms with Crippen molar-refractivity contribution in [3.63, 3.8) is 0 Å². The Labute approximate surface area is 70.0 Å². The van der Waals surface area contributed by atoms with Gasteiger partial charge in [-0.15, -0.1) is 0 Å². The minimum atomic E-state index is 0.473. The van der Waals surface area contributed by atoms with Gasteiger partial charge in [-0.1, -0.05) is 11.8 Å². The van der Waals surface area contributed by atoms with Gasteiger partial charge in [0.25, 0.3) is 0 Å². The van der Waals surface area contributed by atoms with E-state index >= 15 is 0 Å². The maximum atomic E-state index is 5.34. The third-order valence-corrected chi connectivity index (χ3v) is 2.46. The summed E-state index contributed by atoms with van der Waals surface area (Å²) in [6.45, 7) is 0. The van der Waals surface area contributed by atoms with Gasteiger partial charge in [0.05, 0.1) is 0 Å². The van der Waals surface area contributed by atoms with Crippen LogP contribution < -0.4 is 11.6 Å². The van der Waals surface area contributed by atoms with E-state index in [0.717, 1.165) is 12.2 Å². The molecule has 0 unspecified atom stereocenters. The van der Waals surface area contributed by atoms with Crippen molar-refractivity contribution in [1.29, 1.82) is 0 Å². The Hall–Kier alpha value is -0.0300. The summed E-state index contributed by atoms with van der Waals surface area (Å²) in [6, 6.07) is 0. The highest BCUT2D eigenvalue weighted by molar-refractivity contribution is 8.13. The fourth-order valence-electron chi connectivity index (χ4n) is 0.417. The highest BCUT2D eigenvalue weighted by Gasteiger charge is 1.91. The minimum absolute atomic E-state index is 0.473. The lowest BCUT2D eigenvalue weighted by Crippen LogP contribution is -2.09. The maximum absolute atomic E-state index is 5.34. The molecule has 3 nitrogen and oxygen atoms in total. The van der Waals surface area contributed by atoms with Crippen LogP contribution in [0.25, 0.3) is 0 Å². The minimum Gasteiger partial charge on any atom is -0.377 e. The third-order valence-electron chi connectivity index (χ3n) is 0.870. The van der Waals surface area contributed by atoms with Crippen LogP contribution in [0.4, 0.5) is 0 Å². The zero-order chi connectivity index (χ0) is 7.82. The molecule has 60 valence electrons. The second-order valence-corrected chi connectivity index (χ2v) is 3.76. The molecule has 4 N–H and O–H groups in total. The number of amidine groups is 1. The lowest BCUT2D eigenvalue weighted by Gasteiger charge is -1.96. The summed E-state index contributed by atoms with van der Waals surface area (Å²) in [5.74, 6) is 7.10. The second-order valence-electron chi connectivity index (χ2n) is 1.66.